The van der Waals surface area contributed by atoms with Crippen LogP contribution in [0, 0.1) is 11.3 Å². The summed E-state index contributed by atoms with van der Waals surface area (Å²) in [7, 11) is 1.31. The number of hydrogen-bond acceptors (Lipinski definition) is 4. The molecule has 0 spiro atoms. The molecule has 0 saturated carbocycles. The third kappa shape index (κ3) is 2.03. The van der Waals surface area contributed by atoms with Gasteiger partial charge in [-0.3, -0.25) is 4.79 Å². The predicted molar refractivity (Wildman–Crippen MR) is 54.4 cm³/mol. The zero-order valence-electron chi connectivity index (χ0n) is 7.95. The molecular weight excluding hydrogens is 218 g/mol. The lowest BCUT2D eigenvalue weighted by Gasteiger charge is -2.08. The molecule has 0 atom stereocenters. The monoisotopic (exact) mass is 225 g/mol. The van der Waals surface area contributed by atoms with Crippen LogP contribution in [0.1, 0.15) is 15.9 Å². The molecule has 0 aliphatic rings. The molecule has 78 valence electrons. The smallest absolute Gasteiger partial charge is 0.179 e. The maximum Gasteiger partial charge on any atom is 0.179 e. The van der Waals surface area contributed by atoms with E-state index in [0.29, 0.717) is 0 Å². The van der Waals surface area contributed by atoms with Crippen molar-refractivity contribution in [1.82, 2.24) is 0 Å². The first-order valence-corrected chi connectivity index (χ1v) is 4.58. The zero-order chi connectivity index (χ0) is 11.4. The van der Waals surface area contributed by atoms with Gasteiger partial charge in [-0.25, -0.2) is 0 Å². The molecule has 0 heterocycles. The molecule has 5 heteroatoms. The first-order chi connectivity index (χ1) is 7.15. The number of carbonyl (C=O) groups excluding carboxylic acids is 1. The fraction of sp³-hybridized carbons (Fsp3) is 0.200. The Hall–Kier alpha value is -1.73. The second-order valence-electron chi connectivity index (χ2n) is 2.71. The number of aromatic hydroxyl groups is 1. The summed E-state index contributed by atoms with van der Waals surface area (Å²) < 4.78 is 4.83. The number of ketones is 1. The number of alkyl halides is 1. The molecule has 0 saturated heterocycles. The van der Waals surface area contributed by atoms with Gasteiger partial charge >= 0.3 is 0 Å². The number of carbonyl (C=O) groups is 1. The first kappa shape index (κ1) is 11.3. The number of nitriles is 1. The number of phenols is 1. The molecule has 15 heavy (non-hydrogen) atoms. The van der Waals surface area contributed by atoms with Crippen LogP contribution >= 0.6 is 11.6 Å². The summed E-state index contributed by atoms with van der Waals surface area (Å²) in [6, 6.07) is 4.45. The van der Waals surface area contributed by atoms with Crippen LogP contribution in [-0.2, 0) is 0 Å². The molecule has 0 fully saturated rings. The Kier molecular flexibility index (Phi) is 3.53. The second kappa shape index (κ2) is 4.67. The van der Waals surface area contributed by atoms with E-state index in [-0.39, 0.29) is 34.3 Å². The minimum Gasteiger partial charge on any atom is -0.504 e. The van der Waals surface area contributed by atoms with Crippen molar-refractivity contribution in [3.63, 3.8) is 0 Å². The van der Waals surface area contributed by atoms with E-state index in [9.17, 15) is 9.90 Å². The lowest BCUT2D eigenvalue weighted by Crippen LogP contribution is -2.04. The molecule has 1 aromatic carbocycles. The average molecular weight is 226 g/mol. The quantitative estimate of drug-likeness (QED) is 0.628. The number of methoxy groups -OCH3 is 1. The SMILES string of the molecule is COc1c(O)ccc(C(=O)CCl)c1C#N. The van der Waals surface area contributed by atoms with Crippen molar-refractivity contribution in [2.24, 2.45) is 0 Å². The van der Waals surface area contributed by atoms with E-state index in [4.69, 9.17) is 21.6 Å². The fourth-order valence-corrected chi connectivity index (χ4v) is 1.34. The lowest BCUT2D eigenvalue weighted by atomic mass is 10.0. The Morgan fingerprint density at radius 1 is 1.67 bits per heavy atom. The van der Waals surface area contributed by atoms with Gasteiger partial charge in [-0.05, 0) is 12.1 Å². The molecule has 0 unspecified atom stereocenters. The number of nitrogens with zero attached hydrogens (tertiary/aromatic N) is 1. The van der Waals surface area contributed by atoms with E-state index in [1.165, 1.54) is 19.2 Å². The molecular formula is C10H8ClNO3. The average Bonchev–Trinajstić information content (AvgIpc) is 2.27. The normalized spacial score (nSPS) is 9.40. The summed E-state index contributed by atoms with van der Waals surface area (Å²) in [5.41, 5.74) is 0.158. The van der Waals surface area contributed by atoms with Gasteiger partial charge in [0, 0.05) is 5.56 Å². The molecule has 0 bridgehead atoms. The van der Waals surface area contributed by atoms with Gasteiger partial charge in [-0.2, -0.15) is 5.26 Å². The van der Waals surface area contributed by atoms with Crippen molar-refractivity contribution in [2.75, 3.05) is 13.0 Å². The van der Waals surface area contributed by atoms with Crippen LogP contribution in [0.15, 0.2) is 12.1 Å². The van der Waals surface area contributed by atoms with Gasteiger partial charge in [0.1, 0.15) is 11.6 Å². The third-order valence-corrected chi connectivity index (χ3v) is 2.12. The third-order valence-electron chi connectivity index (χ3n) is 1.87. The molecule has 0 amide bonds. The molecule has 0 aromatic heterocycles. The van der Waals surface area contributed by atoms with Crippen LogP contribution in [-0.4, -0.2) is 23.9 Å². The molecule has 1 rings (SSSR count). The minimum absolute atomic E-state index is 0.00292. The summed E-state index contributed by atoms with van der Waals surface area (Å²) >= 11 is 5.39. The van der Waals surface area contributed by atoms with Gasteiger partial charge in [-0.15, -0.1) is 11.6 Å². The van der Waals surface area contributed by atoms with Crippen molar-refractivity contribution >= 4 is 17.4 Å². The van der Waals surface area contributed by atoms with E-state index in [0.717, 1.165) is 0 Å². The summed E-state index contributed by atoms with van der Waals surface area (Å²) in [4.78, 5) is 11.4. The largest absolute Gasteiger partial charge is 0.504 e. The fourth-order valence-electron chi connectivity index (χ4n) is 1.19. The van der Waals surface area contributed by atoms with E-state index in [1.807, 2.05) is 0 Å². The van der Waals surface area contributed by atoms with Crippen molar-refractivity contribution < 1.29 is 14.6 Å². The van der Waals surface area contributed by atoms with Crippen LogP contribution in [0.25, 0.3) is 0 Å². The number of halogens is 1. The van der Waals surface area contributed by atoms with Gasteiger partial charge in [0.05, 0.1) is 13.0 Å². The highest BCUT2D eigenvalue weighted by molar-refractivity contribution is 6.30. The van der Waals surface area contributed by atoms with E-state index < -0.39 is 0 Å². The van der Waals surface area contributed by atoms with Crippen molar-refractivity contribution in [3.8, 4) is 17.6 Å². The van der Waals surface area contributed by atoms with Gasteiger partial charge in [0.2, 0.25) is 0 Å². The highest BCUT2D eigenvalue weighted by atomic mass is 35.5. The first-order valence-electron chi connectivity index (χ1n) is 4.05. The van der Waals surface area contributed by atoms with Crippen molar-refractivity contribution in [2.45, 2.75) is 0 Å². The van der Waals surface area contributed by atoms with E-state index >= 15 is 0 Å². The van der Waals surface area contributed by atoms with E-state index in [1.54, 1.807) is 6.07 Å². The van der Waals surface area contributed by atoms with Crippen LogP contribution in [0.4, 0.5) is 0 Å². The molecule has 0 radical (unpaired) electrons. The molecule has 1 aromatic rings. The number of benzene rings is 1. The summed E-state index contributed by atoms with van der Waals surface area (Å²) in [5, 5.41) is 18.2. The van der Waals surface area contributed by atoms with Gasteiger partial charge in [0.25, 0.3) is 0 Å². The van der Waals surface area contributed by atoms with E-state index in [2.05, 4.69) is 0 Å². The zero-order valence-corrected chi connectivity index (χ0v) is 8.71. The summed E-state index contributed by atoms with van der Waals surface area (Å²) in [6.45, 7) is 0. The highest BCUT2D eigenvalue weighted by Crippen LogP contribution is 2.32. The van der Waals surface area contributed by atoms with Crippen molar-refractivity contribution in [1.29, 1.82) is 5.26 Å². The maximum atomic E-state index is 11.4. The summed E-state index contributed by atoms with van der Waals surface area (Å²) in [6.07, 6.45) is 0. The standard InChI is InChI=1S/C10H8ClNO3/c1-15-10-7(5-12)6(9(14)4-11)2-3-8(10)13/h2-3,13H,4H2,1H3. The number of ether oxygens (including phenoxy) is 1. The Morgan fingerprint density at radius 3 is 2.80 bits per heavy atom. The number of phenolic OH excluding ortho intramolecular Hbond substituents is 1. The van der Waals surface area contributed by atoms with Crippen LogP contribution in [0.5, 0.6) is 11.5 Å². The number of Topliss-reactive ketones (excluding diaryl/α,β-unsaturated/α-hetero) is 1. The van der Waals surface area contributed by atoms with Crippen LogP contribution in [0.2, 0.25) is 0 Å². The summed E-state index contributed by atoms with van der Waals surface area (Å²) in [5.74, 6) is -0.789. The molecule has 1 N–H and O–H groups in total. The Morgan fingerprint density at radius 2 is 2.33 bits per heavy atom. The van der Waals surface area contributed by atoms with Crippen LogP contribution < -0.4 is 4.74 Å². The topological polar surface area (TPSA) is 70.3 Å². The molecule has 0 aliphatic heterocycles. The van der Waals surface area contributed by atoms with Gasteiger partial charge in [0.15, 0.2) is 17.3 Å². The molecule has 0 aliphatic carbocycles. The Bertz CT molecular complexity index is 437. The van der Waals surface area contributed by atoms with Crippen molar-refractivity contribution in [3.05, 3.63) is 23.3 Å². The second-order valence-corrected chi connectivity index (χ2v) is 2.98. The minimum atomic E-state index is -0.383. The Labute approximate surface area is 91.7 Å². The highest BCUT2D eigenvalue weighted by Gasteiger charge is 2.17. The maximum absolute atomic E-state index is 11.4. The van der Waals surface area contributed by atoms with Gasteiger partial charge < -0.3 is 9.84 Å². The lowest BCUT2D eigenvalue weighted by molar-refractivity contribution is 0.102. The number of rotatable bonds is 3. The van der Waals surface area contributed by atoms with Crippen LogP contribution in [0.3, 0.4) is 0 Å². The number of hydrogen-bond donors (Lipinski definition) is 1. The van der Waals surface area contributed by atoms with Gasteiger partial charge in [-0.1, -0.05) is 0 Å². The predicted octanol–water partition coefficient (Wildman–Crippen LogP) is 1.69. The Balaban J connectivity index is 3.43. The molecule has 4 nitrogen and oxygen atoms in total.